The molecule has 11 heteroatoms. The van der Waals surface area contributed by atoms with Crippen LogP contribution >= 0.6 is 27.7 Å². The second-order valence-corrected chi connectivity index (χ2v) is 10.4. The first-order valence-corrected chi connectivity index (χ1v) is 13.4. The van der Waals surface area contributed by atoms with E-state index in [2.05, 4.69) is 21.2 Å². The van der Waals surface area contributed by atoms with Crippen LogP contribution in [0, 0.1) is 11.6 Å². The number of nitrogens with one attached hydrogen (secondary N) is 1. The predicted molar refractivity (Wildman–Crippen MR) is 149 cm³/mol. The molecule has 0 aliphatic carbocycles. The summed E-state index contributed by atoms with van der Waals surface area (Å²) < 4.78 is 35.4. The van der Waals surface area contributed by atoms with Crippen LogP contribution in [-0.4, -0.2) is 39.7 Å². The smallest absolute Gasteiger partial charge is 0.294 e. The lowest BCUT2D eigenvalue weighted by molar-refractivity contribution is -0.127. The molecule has 3 amide bonds. The van der Waals surface area contributed by atoms with Gasteiger partial charge in [-0.2, -0.15) is 0 Å². The number of thioether (sulfide) groups is 1. The van der Waals surface area contributed by atoms with Gasteiger partial charge in [0.1, 0.15) is 19.0 Å². The second-order valence-electron chi connectivity index (χ2n) is 8.54. The summed E-state index contributed by atoms with van der Waals surface area (Å²) in [4.78, 5) is 39.1. The van der Waals surface area contributed by atoms with E-state index < -0.39 is 35.2 Å². The molecule has 1 saturated heterocycles. The van der Waals surface area contributed by atoms with E-state index in [1.54, 1.807) is 24.3 Å². The van der Waals surface area contributed by atoms with Gasteiger partial charge in [-0.05, 0) is 72.4 Å². The molecule has 0 atom stereocenters. The molecule has 1 aliphatic heterocycles. The van der Waals surface area contributed by atoms with Crippen molar-refractivity contribution in [3.05, 3.63) is 99.5 Å². The lowest BCUT2D eigenvalue weighted by atomic mass is 10.1. The quantitative estimate of drug-likeness (QED) is 0.232. The summed E-state index contributed by atoms with van der Waals surface area (Å²) in [7, 11) is 0. The van der Waals surface area contributed by atoms with Crippen LogP contribution in [0.15, 0.2) is 82.3 Å². The van der Waals surface area contributed by atoms with E-state index in [1.807, 2.05) is 29.0 Å². The Balaban J connectivity index is 1.33. The van der Waals surface area contributed by atoms with Crippen LogP contribution in [0.2, 0.25) is 0 Å². The van der Waals surface area contributed by atoms with Gasteiger partial charge in [-0.3, -0.25) is 19.3 Å². The number of carbonyl (C=O) groups excluding carboxylic acids is 3. The number of ether oxygens (including phenoxy) is 1. The molecule has 1 N–H and O–H groups in total. The molecule has 0 spiro atoms. The number of anilines is 1. The van der Waals surface area contributed by atoms with Crippen LogP contribution in [0.5, 0.6) is 5.75 Å². The Morgan fingerprint density at radius 3 is 2.59 bits per heavy atom. The van der Waals surface area contributed by atoms with Crippen LogP contribution in [0.25, 0.3) is 17.0 Å². The van der Waals surface area contributed by atoms with E-state index >= 15 is 0 Å². The molecular formula is C28H20BrF2N3O4S. The number of benzene rings is 3. The Hall–Kier alpha value is -3.96. The fourth-order valence-electron chi connectivity index (χ4n) is 4.07. The molecule has 0 radical (unpaired) electrons. The molecule has 0 unspecified atom stereocenters. The second kappa shape index (κ2) is 11.4. The summed E-state index contributed by atoms with van der Waals surface area (Å²) in [6.07, 6.45) is 3.45. The standard InChI is InChI=1S/C28H20BrF2N3O4S/c29-18-5-10-23-21(14-18)17(15-33(23)11-12-38-24-4-2-1-3-22(24)31)13-25-27(36)34(28(37)39-25)16-26(35)32-20-8-6-19(30)7-9-20/h1-10,13-15H,11-12,16H2,(H,32,35)/b25-13-. The molecule has 1 fully saturated rings. The number of imide groups is 1. The first kappa shape index (κ1) is 26.6. The zero-order valence-electron chi connectivity index (χ0n) is 20.2. The number of aromatic nitrogens is 1. The van der Waals surface area contributed by atoms with Crippen molar-refractivity contribution < 1.29 is 27.9 Å². The van der Waals surface area contributed by atoms with Crippen LogP contribution in [0.1, 0.15) is 5.56 Å². The molecule has 1 aromatic heterocycles. The third-order valence-corrected chi connectivity index (χ3v) is 7.29. The Bertz CT molecular complexity index is 1620. The van der Waals surface area contributed by atoms with E-state index in [4.69, 9.17) is 4.74 Å². The van der Waals surface area contributed by atoms with Gasteiger partial charge in [0, 0.05) is 32.8 Å². The van der Waals surface area contributed by atoms with Crippen molar-refractivity contribution in [2.45, 2.75) is 6.54 Å². The summed E-state index contributed by atoms with van der Waals surface area (Å²) in [5.74, 6) is -1.90. The van der Waals surface area contributed by atoms with Crippen molar-refractivity contribution in [1.82, 2.24) is 9.47 Å². The number of carbonyl (C=O) groups is 3. The maximum Gasteiger partial charge on any atom is 0.294 e. The molecule has 7 nitrogen and oxygen atoms in total. The molecule has 0 saturated carbocycles. The summed E-state index contributed by atoms with van der Waals surface area (Å²) >= 11 is 4.22. The van der Waals surface area contributed by atoms with E-state index in [1.165, 1.54) is 30.3 Å². The molecule has 1 aliphatic rings. The van der Waals surface area contributed by atoms with Crippen LogP contribution < -0.4 is 10.1 Å². The average molecular weight is 612 g/mol. The number of nitrogens with zero attached hydrogens (tertiary/aromatic N) is 2. The van der Waals surface area contributed by atoms with Gasteiger partial charge in [0.05, 0.1) is 11.4 Å². The van der Waals surface area contributed by atoms with Crippen molar-refractivity contribution in [3.63, 3.8) is 0 Å². The first-order chi connectivity index (χ1) is 18.8. The first-order valence-electron chi connectivity index (χ1n) is 11.7. The molecule has 5 rings (SSSR count). The Morgan fingerprint density at radius 2 is 1.82 bits per heavy atom. The van der Waals surface area contributed by atoms with Gasteiger partial charge in [-0.15, -0.1) is 0 Å². The van der Waals surface area contributed by atoms with Crippen LogP contribution in [0.4, 0.5) is 19.3 Å². The highest BCUT2D eigenvalue weighted by Crippen LogP contribution is 2.35. The third-order valence-electron chi connectivity index (χ3n) is 5.89. The van der Waals surface area contributed by atoms with Gasteiger partial charge in [-0.1, -0.05) is 28.1 Å². The van der Waals surface area contributed by atoms with Gasteiger partial charge in [-0.25, -0.2) is 8.78 Å². The zero-order valence-corrected chi connectivity index (χ0v) is 22.6. The fraction of sp³-hybridized carbons (Fsp3) is 0.107. The lowest BCUT2D eigenvalue weighted by Gasteiger charge is -2.12. The van der Waals surface area contributed by atoms with E-state index in [0.29, 0.717) is 17.8 Å². The number of hydrogen-bond acceptors (Lipinski definition) is 5. The Morgan fingerprint density at radius 1 is 1.05 bits per heavy atom. The summed E-state index contributed by atoms with van der Waals surface area (Å²) in [5, 5.41) is 2.81. The van der Waals surface area contributed by atoms with Crippen molar-refractivity contribution >= 4 is 67.4 Å². The lowest BCUT2D eigenvalue weighted by Crippen LogP contribution is -2.36. The molecule has 0 bridgehead atoms. The van der Waals surface area contributed by atoms with Gasteiger partial charge >= 0.3 is 0 Å². The van der Waals surface area contributed by atoms with E-state index in [-0.39, 0.29) is 17.3 Å². The van der Waals surface area contributed by atoms with Crippen LogP contribution in [-0.2, 0) is 16.1 Å². The Labute approximate surface area is 234 Å². The minimum atomic E-state index is -0.585. The molecule has 2 heterocycles. The molecule has 4 aromatic rings. The highest BCUT2D eigenvalue weighted by molar-refractivity contribution is 9.10. The number of rotatable bonds is 8. The SMILES string of the molecule is O=C(CN1C(=O)S/C(=C\c2cn(CCOc3ccccc3F)c3ccc(Br)cc23)C1=O)Nc1ccc(F)cc1. The molecule has 39 heavy (non-hydrogen) atoms. The zero-order chi connectivity index (χ0) is 27.5. The minimum absolute atomic E-state index is 0.161. The monoisotopic (exact) mass is 611 g/mol. The van der Waals surface area contributed by atoms with Crippen molar-refractivity contribution in [2.24, 2.45) is 0 Å². The largest absolute Gasteiger partial charge is 0.489 e. The maximum absolute atomic E-state index is 13.9. The maximum atomic E-state index is 13.9. The summed E-state index contributed by atoms with van der Waals surface area (Å²) in [6, 6.07) is 17.0. The van der Waals surface area contributed by atoms with E-state index in [9.17, 15) is 23.2 Å². The van der Waals surface area contributed by atoms with E-state index in [0.717, 1.165) is 32.0 Å². The highest BCUT2D eigenvalue weighted by atomic mass is 79.9. The molecule has 3 aromatic carbocycles. The number of fused-ring (bicyclic) bond motifs is 1. The third kappa shape index (κ3) is 6.04. The van der Waals surface area contributed by atoms with Crippen molar-refractivity contribution in [3.8, 4) is 5.75 Å². The molecule has 198 valence electrons. The number of hydrogen-bond donors (Lipinski definition) is 1. The average Bonchev–Trinajstić information content (AvgIpc) is 3.37. The van der Waals surface area contributed by atoms with Crippen LogP contribution in [0.3, 0.4) is 0 Å². The Kier molecular flexibility index (Phi) is 7.80. The van der Waals surface area contributed by atoms with Gasteiger partial charge in [0.25, 0.3) is 11.1 Å². The number of amides is 3. The normalized spacial score (nSPS) is 14.4. The van der Waals surface area contributed by atoms with Crippen molar-refractivity contribution in [1.29, 1.82) is 0 Å². The topological polar surface area (TPSA) is 80.6 Å². The van der Waals surface area contributed by atoms with Gasteiger partial charge in [0.2, 0.25) is 5.91 Å². The predicted octanol–water partition coefficient (Wildman–Crippen LogP) is 6.44. The highest BCUT2D eigenvalue weighted by Gasteiger charge is 2.36. The van der Waals surface area contributed by atoms with Crippen molar-refractivity contribution in [2.75, 3.05) is 18.5 Å². The summed E-state index contributed by atoms with van der Waals surface area (Å²) in [6.45, 7) is 0.144. The minimum Gasteiger partial charge on any atom is -0.489 e. The van der Waals surface area contributed by atoms with Gasteiger partial charge in [0.15, 0.2) is 11.6 Å². The fourth-order valence-corrected chi connectivity index (χ4v) is 5.26. The number of para-hydroxylation sites is 1. The molecular weight excluding hydrogens is 592 g/mol. The number of halogens is 3. The van der Waals surface area contributed by atoms with Gasteiger partial charge < -0.3 is 14.6 Å². The summed E-state index contributed by atoms with van der Waals surface area (Å²) in [5.41, 5.74) is 1.90.